The van der Waals surface area contributed by atoms with Crippen molar-refractivity contribution in [1.29, 1.82) is 0 Å². The monoisotopic (exact) mass is 303 g/mol. The summed E-state index contributed by atoms with van der Waals surface area (Å²) in [5.74, 6) is 1.46. The van der Waals surface area contributed by atoms with Gasteiger partial charge >= 0.3 is 0 Å². The summed E-state index contributed by atoms with van der Waals surface area (Å²) < 4.78 is 0. The lowest BCUT2D eigenvalue weighted by molar-refractivity contribution is 0.0658. The molecule has 1 N–H and O–H groups in total. The van der Waals surface area contributed by atoms with Gasteiger partial charge in [-0.3, -0.25) is 4.79 Å². The van der Waals surface area contributed by atoms with Crippen molar-refractivity contribution in [2.24, 2.45) is 0 Å². The number of nitrogens with zero attached hydrogens (tertiary/aromatic N) is 4. The zero-order valence-corrected chi connectivity index (χ0v) is 13.5. The van der Waals surface area contributed by atoms with E-state index < -0.39 is 0 Å². The van der Waals surface area contributed by atoms with Gasteiger partial charge in [0.15, 0.2) is 0 Å². The lowest BCUT2D eigenvalue weighted by Crippen LogP contribution is -2.47. The summed E-state index contributed by atoms with van der Waals surface area (Å²) in [6.45, 7) is 5.22. The van der Waals surface area contributed by atoms with Crippen molar-refractivity contribution in [1.82, 2.24) is 19.8 Å². The van der Waals surface area contributed by atoms with Crippen LogP contribution in [0.3, 0.4) is 0 Å². The Balaban J connectivity index is 1.72. The van der Waals surface area contributed by atoms with E-state index in [2.05, 4.69) is 27.2 Å². The van der Waals surface area contributed by atoms with Crippen molar-refractivity contribution in [2.45, 2.75) is 38.6 Å². The van der Waals surface area contributed by atoms with Crippen molar-refractivity contribution < 1.29 is 4.79 Å². The number of carbonyl (C=O) groups is 1. The van der Waals surface area contributed by atoms with Crippen LogP contribution in [-0.4, -0.2) is 64.9 Å². The number of rotatable bonds is 3. The van der Waals surface area contributed by atoms with Gasteiger partial charge in [0.1, 0.15) is 17.3 Å². The molecular formula is C16H25N5O. The topological polar surface area (TPSA) is 61.4 Å². The lowest BCUT2D eigenvalue weighted by Gasteiger charge is -2.32. The summed E-state index contributed by atoms with van der Waals surface area (Å²) in [5.41, 5.74) is 0.512. The molecule has 1 aromatic rings. The van der Waals surface area contributed by atoms with Crippen LogP contribution < -0.4 is 5.32 Å². The van der Waals surface area contributed by atoms with Gasteiger partial charge in [-0.1, -0.05) is 12.8 Å². The largest absolute Gasteiger partial charge is 0.367 e. The van der Waals surface area contributed by atoms with Gasteiger partial charge in [0.05, 0.1) is 0 Å². The third-order valence-electron chi connectivity index (χ3n) is 4.55. The van der Waals surface area contributed by atoms with E-state index in [9.17, 15) is 4.79 Å². The predicted molar refractivity (Wildman–Crippen MR) is 86.0 cm³/mol. The van der Waals surface area contributed by atoms with E-state index in [0.717, 1.165) is 32.0 Å². The molecule has 0 atom stereocenters. The smallest absolute Gasteiger partial charge is 0.272 e. The summed E-state index contributed by atoms with van der Waals surface area (Å²) in [6, 6.07) is 2.30. The number of hydrogen-bond donors (Lipinski definition) is 1. The second-order valence-corrected chi connectivity index (χ2v) is 6.41. The van der Waals surface area contributed by atoms with Gasteiger partial charge in [-0.2, -0.15) is 0 Å². The maximum atomic E-state index is 12.6. The number of amides is 1. The Kier molecular flexibility index (Phi) is 4.57. The number of anilines is 1. The molecular weight excluding hydrogens is 278 g/mol. The normalized spacial score (nSPS) is 20.4. The molecule has 1 aliphatic heterocycles. The highest BCUT2D eigenvalue weighted by atomic mass is 16.2. The average Bonchev–Trinajstić information content (AvgIpc) is 2.99. The van der Waals surface area contributed by atoms with Gasteiger partial charge in [-0.05, 0) is 26.8 Å². The molecule has 1 aromatic heterocycles. The van der Waals surface area contributed by atoms with E-state index in [1.807, 2.05) is 17.9 Å². The van der Waals surface area contributed by atoms with Crippen molar-refractivity contribution >= 4 is 11.7 Å². The Morgan fingerprint density at radius 3 is 2.55 bits per heavy atom. The second-order valence-electron chi connectivity index (χ2n) is 6.41. The first-order valence-electron chi connectivity index (χ1n) is 8.22. The van der Waals surface area contributed by atoms with Gasteiger partial charge in [0.25, 0.3) is 5.91 Å². The summed E-state index contributed by atoms with van der Waals surface area (Å²) in [4.78, 5) is 25.5. The number of piperazine rings is 1. The fourth-order valence-corrected chi connectivity index (χ4v) is 3.20. The van der Waals surface area contributed by atoms with Crippen LogP contribution in [0.1, 0.15) is 42.0 Å². The Hall–Kier alpha value is -1.69. The highest BCUT2D eigenvalue weighted by Crippen LogP contribution is 2.22. The van der Waals surface area contributed by atoms with Crippen LogP contribution in [-0.2, 0) is 0 Å². The third kappa shape index (κ3) is 3.55. The van der Waals surface area contributed by atoms with Crippen LogP contribution in [0.15, 0.2) is 6.07 Å². The van der Waals surface area contributed by atoms with Crippen LogP contribution >= 0.6 is 0 Å². The van der Waals surface area contributed by atoms with Gasteiger partial charge in [-0.25, -0.2) is 9.97 Å². The van der Waals surface area contributed by atoms with E-state index in [4.69, 9.17) is 0 Å². The number of nitrogens with one attached hydrogen (secondary N) is 1. The van der Waals surface area contributed by atoms with Crippen molar-refractivity contribution in [3.05, 3.63) is 17.6 Å². The van der Waals surface area contributed by atoms with Crippen LogP contribution in [0, 0.1) is 6.92 Å². The number of likely N-dealkylation sites (N-methyl/N-ethyl adjacent to an activating group) is 1. The Bertz CT molecular complexity index is 533. The SMILES string of the molecule is Cc1nc(NC2CCCC2)cc(C(=O)N2CCN(C)CC2)n1. The highest BCUT2D eigenvalue weighted by Gasteiger charge is 2.23. The first-order chi connectivity index (χ1) is 10.6. The summed E-state index contributed by atoms with van der Waals surface area (Å²) in [5, 5.41) is 3.46. The van der Waals surface area contributed by atoms with Gasteiger partial charge in [-0.15, -0.1) is 0 Å². The molecule has 6 heteroatoms. The average molecular weight is 303 g/mol. The quantitative estimate of drug-likeness (QED) is 0.917. The molecule has 2 fully saturated rings. The molecule has 6 nitrogen and oxygen atoms in total. The fraction of sp³-hybridized carbons (Fsp3) is 0.688. The zero-order valence-electron chi connectivity index (χ0n) is 13.5. The molecule has 1 saturated carbocycles. The van der Waals surface area contributed by atoms with Gasteiger partial charge < -0.3 is 15.1 Å². The number of hydrogen-bond acceptors (Lipinski definition) is 5. The molecule has 0 unspecified atom stereocenters. The Morgan fingerprint density at radius 1 is 1.18 bits per heavy atom. The molecule has 2 heterocycles. The van der Waals surface area contributed by atoms with Crippen LogP contribution in [0.5, 0.6) is 0 Å². The predicted octanol–water partition coefficient (Wildman–Crippen LogP) is 1.53. The standard InChI is InChI=1S/C16H25N5O/c1-12-17-14(16(22)21-9-7-20(2)8-10-21)11-15(18-12)19-13-5-3-4-6-13/h11,13H,3-10H2,1-2H3,(H,17,18,19). The van der Waals surface area contributed by atoms with E-state index in [0.29, 0.717) is 17.6 Å². The number of aryl methyl sites for hydroxylation is 1. The molecule has 0 bridgehead atoms. The van der Waals surface area contributed by atoms with E-state index in [-0.39, 0.29) is 5.91 Å². The van der Waals surface area contributed by atoms with Crippen LogP contribution in [0.25, 0.3) is 0 Å². The highest BCUT2D eigenvalue weighted by molar-refractivity contribution is 5.93. The molecule has 120 valence electrons. The zero-order chi connectivity index (χ0) is 15.5. The van der Waals surface area contributed by atoms with Crippen LogP contribution in [0.4, 0.5) is 5.82 Å². The van der Waals surface area contributed by atoms with Gasteiger partial charge in [0, 0.05) is 38.3 Å². The first-order valence-corrected chi connectivity index (χ1v) is 8.22. The molecule has 3 rings (SSSR count). The maximum Gasteiger partial charge on any atom is 0.272 e. The molecule has 1 aliphatic carbocycles. The van der Waals surface area contributed by atoms with Crippen molar-refractivity contribution in [3.63, 3.8) is 0 Å². The Morgan fingerprint density at radius 2 is 1.86 bits per heavy atom. The summed E-state index contributed by atoms with van der Waals surface area (Å²) in [7, 11) is 2.08. The Labute approximate surface area is 131 Å². The minimum Gasteiger partial charge on any atom is -0.367 e. The molecule has 0 aromatic carbocycles. The lowest BCUT2D eigenvalue weighted by atomic mass is 10.2. The molecule has 0 spiro atoms. The second kappa shape index (κ2) is 6.60. The van der Waals surface area contributed by atoms with Crippen molar-refractivity contribution in [2.75, 3.05) is 38.5 Å². The number of aromatic nitrogens is 2. The maximum absolute atomic E-state index is 12.6. The molecule has 2 aliphatic rings. The van der Waals surface area contributed by atoms with Crippen molar-refractivity contribution in [3.8, 4) is 0 Å². The minimum atomic E-state index is 0.0214. The molecule has 0 radical (unpaired) electrons. The molecule has 22 heavy (non-hydrogen) atoms. The summed E-state index contributed by atoms with van der Waals surface area (Å²) in [6.07, 6.45) is 4.92. The number of carbonyl (C=O) groups excluding carboxylic acids is 1. The fourth-order valence-electron chi connectivity index (χ4n) is 3.20. The first kappa shape index (κ1) is 15.2. The van der Waals surface area contributed by atoms with Gasteiger partial charge in [0.2, 0.25) is 0 Å². The molecule has 1 amide bonds. The van der Waals surface area contributed by atoms with E-state index >= 15 is 0 Å². The van der Waals surface area contributed by atoms with E-state index in [1.54, 1.807) is 0 Å². The van der Waals surface area contributed by atoms with Crippen LogP contribution in [0.2, 0.25) is 0 Å². The molecule has 1 saturated heterocycles. The van der Waals surface area contributed by atoms with E-state index in [1.165, 1.54) is 25.7 Å². The summed E-state index contributed by atoms with van der Waals surface area (Å²) >= 11 is 0. The third-order valence-corrected chi connectivity index (χ3v) is 4.55. The minimum absolute atomic E-state index is 0.0214.